The van der Waals surface area contributed by atoms with Crippen molar-refractivity contribution in [2.24, 2.45) is 5.92 Å². The highest BCUT2D eigenvalue weighted by Gasteiger charge is 2.22. The Hall–Kier alpha value is -1.35. The predicted octanol–water partition coefficient (Wildman–Crippen LogP) is 2.54. The molecule has 0 fully saturated rings. The Balaban J connectivity index is 2.66. The normalized spacial score (nSPS) is 14.6. The maximum absolute atomic E-state index is 10.9. The Morgan fingerprint density at radius 1 is 1.41 bits per heavy atom. The van der Waals surface area contributed by atoms with Crippen molar-refractivity contribution in [1.82, 2.24) is 4.90 Å². The molecule has 0 aromatic heterocycles. The summed E-state index contributed by atoms with van der Waals surface area (Å²) in [7, 11) is 1.96. The van der Waals surface area contributed by atoms with Gasteiger partial charge in [0.15, 0.2) is 0 Å². The highest BCUT2D eigenvalue weighted by molar-refractivity contribution is 5.70. The minimum Gasteiger partial charge on any atom is -0.481 e. The third kappa shape index (κ3) is 3.86. The Morgan fingerprint density at radius 3 is 2.59 bits per heavy atom. The second kappa shape index (κ2) is 5.82. The Morgan fingerprint density at radius 2 is 2.06 bits per heavy atom. The Labute approximate surface area is 103 Å². The number of carbonyl (C=O) groups is 1. The first-order chi connectivity index (χ1) is 7.91. The molecule has 0 aliphatic carbocycles. The van der Waals surface area contributed by atoms with Crippen LogP contribution in [0.4, 0.5) is 0 Å². The van der Waals surface area contributed by atoms with Gasteiger partial charge in [0.25, 0.3) is 0 Å². The van der Waals surface area contributed by atoms with E-state index in [4.69, 9.17) is 5.11 Å². The summed E-state index contributed by atoms with van der Waals surface area (Å²) in [6.07, 6.45) is 0. The molecule has 0 aliphatic rings. The van der Waals surface area contributed by atoms with Crippen molar-refractivity contribution in [3.05, 3.63) is 35.4 Å². The van der Waals surface area contributed by atoms with Crippen LogP contribution in [0.15, 0.2) is 24.3 Å². The maximum Gasteiger partial charge on any atom is 0.307 e. The van der Waals surface area contributed by atoms with Crippen molar-refractivity contribution >= 4 is 5.97 Å². The molecule has 0 radical (unpaired) electrons. The number of hydrogen-bond acceptors (Lipinski definition) is 2. The molecule has 2 unspecified atom stereocenters. The van der Waals surface area contributed by atoms with Gasteiger partial charge < -0.3 is 5.11 Å². The van der Waals surface area contributed by atoms with E-state index in [1.165, 1.54) is 11.1 Å². The first-order valence-corrected chi connectivity index (χ1v) is 5.90. The third-order valence-electron chi connectivity index (χ3n) is 3.32. The summed E-state index contributed by atoms with van der Waals surface area (Å²) in [5.74, 6) is -1.10. The summed E-state index contributed by atoms with van der Waals surface area (Å²) in [5, 5.41) is 8.98. The van der Waals surface area contributed by atoms with Crippen LogP contribution in [0.3, 0.4) is 0 Å². The van der Waals surface area contributed by atoms with Gasteiger partial charge in [0, 0.05) is 12.6 Å². The summed E-state index contributed by atoms with van der Waals surface area (Å²) >= 11 is 0. The summed E-state index contributed by atoms with van der Waals surface area (Å²) < 4.78 is 0. The number of hydrogen-bond donors (Lipinski definition) is 1. The lowest BCUT2D eigenvalue weighted by atomic mass is 10.0. The molecular weight excluding hydrogens is 214 g/mol. The van der Waals surface area contributed by atoms with Gasteiger partial charge in [-0.3, -0.25) is 9.69 Å². The predicted molar refractivity (Wildman–Crippen MR) is 68.9 cm³/mol. The molecule has 3 heteroatoms. The van der Waals surface area contributed by atoms with Gasteiger partial charge in [-0.2, -0.15) is 0 Å². The first kappa shape index (κ1) is 13.7. The fourth-order valence-electron chi connectivity index (χ4n) is 1.83. The minimum atomic E-state index is -0.742. The topological polar surface area (TPSA) is 40.5 Å². The number of aryl methyl sites for hydroxylation is 1. The van der Waals surface area contributed by atoms with Gasteiger partial charge >= 0.3 is 5.97 Å². The molecule has 0 spiro atoms. The van der Waals surface area contributed by atoms with Crippen LogP contribution in [-0.4, -0.2) is 29.1 Å². The molecule has 2 atom stereocenters. The van der Waals surface area contributed by atoms with Gasteiger partial charge in [0.1, 0.15) is 0 Å². The van der Waals surface area contributed by atoms with Crippen molar-refractivity contribution in [2.45, 2.75) is 33.4 Å². The average molecular weight is 235 g/mol. The monoisotopic (exact) mass is 235 g/mol. The number of carboxylic acid groups (broad SMARTS) is 1. The number of nitrogens with zero attached hydrogens (tertiary/aromatic N) is 1. The van der Waals surface area contributed by atoms with Crippen LogP contribution in [0.2, 0.25) is 0 Å². The van der Waals surface area contributed by atoms with Gasteiger partial charge in [-0.15, -0.1) is 0 Å². The van der Waals surface area contributed by atoms with Crippen molar-refractivity contribution < 1.29 is 9.90 Å². The highest BCUT2D eigenvalue weighted by atomic mass is 16.4. The van der Waals surface area contributed by atoms with E-state index in [2.05, 4.69) is 30.0 Å². The van der Waals surface area contributed by atoms with E-state index in [1.54, 1.807) is 6.92 Å². The first-order valence-electron chi connectivity index (χ1n) is 5.90. The molecule has 1 aromatic rings. The maximum atomic E-state index is 10.9. The fourth-order valence-corrected chi connectivity index (χ4v) is 1.83. The van der Waals surface area contributed by atoms with Gasteiger partial charge in [-0.1, -0.05) is 36.8 Å². The Kier molecular flexibility index (Phi) is 4.70. The lowest BCUT2D eigenvalue weighted by Gasteiger charge is -2.27. The van der Waals surface area contributed by atoms with E-state index in [0.717, 1.165) is 6.54 Å². The molecule has 1 N–H and O–H groups in total. The minimum absolute atomic E-state index is 0.0213. The van der Waals surface area contributed by atoms with Crippen LogP contribution < -0.4 is 0 Å². The van der Waals surface area contributed by atoms with Crippen molar-refractivity contribution in [1.29, 1.82) is 0 Å². The van der Waals surface area contributed by atoms with Crippen LogP contribution in [0.1, 0.15) is 25.0 Å². The number of aliphatic carboxylic acids is 1. The quantitative estimate of drug-likeness (QED) is 0.852. The fraction of sp³-hybridized carbons (Fsp3) is 0.500. The second-order valence-electron chi connectivity index (χ2n) is 4.77. The van der Waals surface area contributed by atoms with Crippen molar-refractivity contribution in [3.63, 3.8) is 0 Å². The molecular formula is C14H21NO2. The lowest BCUT2D eigenvalue weighted by molar-refractivity contribution is -0.143. The largest absolute Gasteiger partial charge is 0.481 e. The smallest absolute Gasteiger partial charge is 0.307 e. The summed E-state index contributed by atoms with van der Waals surface area (Å²) in [5.41, 5.74) is 2.45. The number of rotatable bonds is 5. The zero-order valence-electron chi connectivity index (χ0n) is 11.0. The van der Waals surface area contributed by atoms with E-state index in [1.807, 2.05) is 20.0 Å². The third-order valence-corrected chi connectivity index (χ3v) is 3.32. The molecule has 0 heterocycles. The molecule has 0 saturated heterocycles. The molecule has 1 aromatic carbocycles. The molecule has 0 saturated carbocycles. The highest BCUT2D eigenvalue weighted by Crippen LogP contribution is 2.14. The van der Waals surface area contributed by atoms with Gasteiger partial charge in [0.05, 0.1) is 5.92 Å². The van der Waals surface area contributed by atoms with Crippen molar-refractivity contribution in [2.75, 3.05) is 7.05 Å². The molecule has 94 valence electrons. The van der Waals surface area contributed by atoms with Gasteiger partial charge in [0.2, 0.25) is 0 Å². The molecule has 0 aliphatic heterocycles. The summed E-state index contributed by atoms with van der Waals surface area (Å²) in [6.45, 7) is 6.54. The van der Waals surface area contributed by atoms with E-state index in [0.29, 0.717) is 0 Å². The lowest BCUT2D eigenvalue weighted by Crippen LogP contribution is -2.37. The second-order valence-corrected chi connectivity index (χ2v) is 4.77. The standard InChI is InChI=1S/C14H21NO2/c1-10-6-5-7-13(8-10)9-15(4)12(3)11(2)14(16)17/h5-8,11-12H,9H2,1-4H3,(H,16,17). The summed E-state index contributed by atoms with van der Waals surface area (Å²) in [6, 6.07) is 8.32. The SMILES string of the molecule is Cc1cccc(CN(C)C(C)C(C)C(=O)O)c1. The zero-order chi connectivity index (χ0) is 13.0. The van der Waals surface area contributed by atoms with Crippen molar-refractivity contribution in [3.8, 4) is 0 Å². The zero-order valence-corrected chi connectivity index (χ0v) is 11.0. The average Bonchev–Trinajstić information content (AvgIpc) is 2.26. The Bertz CT molecular complexity index is 390. The van der Waals surface area contributed by atoms with Crippen LogP contribution in [0.5, 0.6) is 0 Å². The molecule has 3 nitrogen and oxygen atoms in total. The van der Waals surface area contributed by atoms with Crippen LogP contribution in [0.25, 0.3) is 0 Å². The van der Waals surface area contributed by atoms with Gasteiger partial charge in [-0.05, 0) is 26.5 Å². The number of carboxylic acids is 1. The van der Waals surface area contributed by atoms with E-state index >= 15 is 0 Å². The van der Waals surface area contributed by atoms with Crippen LogP contribution in [-0.2, 0) is 11.3 Å². The molecule has 0 amide bonds. The van der Waals surface area contributed by atoms with E-state index < -0.39 is 5.97 Å². The van der Waals surface area contributed by atoms with Crippen LogP contribution >= 0.6 is 0 Å². The van der Waals surface area contributed by atoms with Gasteiger partial charge in [-0.25, -0.2) is 0 Å². The molecule has 17 heavy (non-hydrogen) atoms. The van der Waals surface area contributed by atoms with E-state index in [9.17, 15) is 4.79 Å². The van der Waals surface area contributed by atoms with E-state index in [-0.39, 0.29) is 12.0 Å². The van der Waals surface area contributed by atoms with Crippen LogP contribution in [0, 0.1) is 12.8 Å². The molecule has 0 bridgehead atoms. The molecule has 1 rings (SSSR count). The number of benzene rings is 1. The summed E-state index contributed by atoms with van der Waals surface area (Å²) in [4.78, 5) is 13.0.